The van der Waals surface area contributed by atoms with Crippen LogP contribution in [0.25, 0.3) is 0 Å². The van der Waals surface area contributed by atoms with Gasteiger partial charge in [-0.1, -0.05) is 91.0 Å². The van der Waals surface area contributed by atoms with E-state index in [-0.39, 0.29) is 22.3 Å². The number of ketones is 3. The quantitative estimate of drug-likeness (QED) is 0.249. The molecule has 1 aliphatic heterocycles. The van der Waals surface area contributed by atoms with Crippen LogP contribution in [0.4, 0.5) is 0 Å². The molecule has 1 fully saturated rings. The van der Waals surface area contributed by atoms with Gasteiger partial charge in [-0.2, -0.15) is 0 Å². The van der Waals surface area contributed by atoms with Crippen LogP contribution < -0.4 is 5.56 Å². The first kappa shape index (κ1) is 27.0. The number of hydrogen-bond donors (Lipinski definition) is 4. The minimum absolute atomic E-state index is 0.112. The summed E-state index contributed by atoms with van der Waals surface area (Å²) in [4.78, 5) is 58.1. The van der Waals surface area contributed by atoms with E-state index in [1.807, 2.05) is 0 Å². The zero-order valence-electron chi connectivity index (χ0n) is 21.1. The Balaban J connectivity index is 1.86. The molecular weight excluding hydrogens is 514 g/mol. The molecule has 9 nitrogen and oxygen atoms in total. The predicted octanol–water partition coefficient (Wildman–Crippen LogP) is 2.22. The maximum atomic E-state index is 14.1. The van der Waals surface area contributed by atoms with Gasteiger partial charge in [-0.3, -0.25) is 19.2 Å². The fraction of sp³-hybridized carbons (Fsp3) is 0.161. The van der Waals surface area contributed by atoms with Gasteiger partial charge in [0.2, 0.25) is 5.78 Å². The van der Waals surface area contributed by atoms with Gasteiger partial charge in [-0.05, 0) is 0 Å². The van der Waals surface area contributed by atoms with Crippen LogP contribution in [0, 0.1) is 0 Å². The number of aromatic nitrogens is 1. The van der Waals surface area contributed by atoms with Gasteiger partial charge >= 0.3 is 0 Å². The number of benzene rings is 3. The standard InChI is InChI=1S/C31H25NO8/c33-16-20-28(37)29(38)30(40-20)23-21(25(34)17-10-4-1-5-11-17)22(26(35)18-12-6-2-7-13-18)24(32-31(23)39)27(36)19-14-8-3-9-15-19/h1-15,20,28-30,33,37-38H,16H2,(H,32,39)/t20-,28-,29-,30?/m1/s1. The lowest BCUT2D eigenvalue weighted by molar-refractivity contribution is -0.0233. The highest BCUT2D eigenvalue weighted by Gasteiger charge is 2.47. The molecule has 0 amide bonds. The smallest absolute Gasteiger partial charge is 0.255 e. The summed E-state index contributed by atoms with van der Waals surface area (Å²) >= 11 is 0. The maximum Gasteiger partial charge on any atom is 0.255 e. The molecule has 0 spiro atoms. The number of aromatic amines is 1. The minimum atomic E-state index is -1.71. The van der Waals surface area contributed by atoms with Crippen LogP contribution >= 0.6 is 0 Å². The van der Waals surface area contributed by atoms with Crippen LogP contribution in [0.15, 0.2) is 95.8 Å². The molecule has 5 rings (SSSR count). The first-order valence-corrected chi connectivity index (χ1v) is 12.5. The molecule has 9 heteroatoms. The van der Waals surface area contributed by atoms with Crippen molar-refractivity contribution in [2.45, 2.75) is 24.4 Å². The number of aliphatic hydroxyl groups is 3. The molecule has 0 radical (unpaired) electrons. The van der Waals surface area contributed by atoms with Crippen molar-refractivity contribution in [1.82, 2.24) is 4.98 Å². The Morgan fingerprint density at radius 1 is 0.675 bits per heavy atom. The number of pyridine rings is 1. The summed E-state index contributed by atoms with van der Waals surface area (Å²) in [6, 6.07) is 23.7. The monoisotopic (exact) mass is 539 g/mol. The highest BCUT2D eigenvalue weighted by molar-refractivity contribution is 6.25. The number of H-pyrrole nitrogens is 1. The number of carbonyl (C=O) groups is 3. The van der Waals surface area contributed by atoms with Crippen molar-refractivity contribution in [3.63, 3.8) is 0 Å². The average Bonchev–Trinajstić information content (AvgIpc) is 3.29. The molecule has 1 unspecified atom stereocenters. The predicted molar refractivity (Wildman–Crippen MR) is 143 cm³/mol. The molecule has 4 N–H and O–H groups in total. The van der Waals surface area contributed by atoms with Crippen LogP contribution in [0.5, 0.6) is 0 Å². The topological polar surface area (TPSA) is 154 Å². The third kappa shape index (κ3) is 4.83. The van der Waals surface area contributed by atoms with Gasteiger partial charge in [0.05, 0.1) is 17.7 Å². The summed E-state index contributed by atoms with van der Waals surface area (Å²) in [5.41, 5.74) is -2.18. The fourth-order valence-electron chi connectivity index (χ4n) is 4.86. The van der Waals surface area contributed by atoms with Gasteiger partial charge in [0.15, 0.2) is 11.6 Å². The highest BCUT2D eigenvalue weighted by Crippen LogP contribution is 2.36. The van der Waals surface area contributed by atoms with E-state index in [2.05, 4.69) is 4.98 Å². The molecular formula is C31H25NO8. The van der Waals surface area contributed by atoms with E-state index in [4.69, 9.17) is 4.74 Å². The highest BCUT2D eigenvalue weighted by atomic mass is 16.6. The van der Waals surface area contributed by atoms with Crippen molar-refractivity contribution in [3.05, 3.63) is 140 Å². The molecule has 0 bridgehead atoms. The molecule has 4 aromatic rings. The summed E-state index contributed by atoms with van der Waals surface area (Å²) < 4.78 is 5.64. The summed E-state index contributed by atoms with van der Waals surface area (Å²) in [5, 5.41) is 30.9. The van der Waals surface area contributed by atoms with Gasteiger partial charge < -0.3 is 25.0 Å². The molecule has 0 saturated carbocycles. The van der Waals surface area contributed by atoms with Crippen molar-refractivity contribution in [3.8, 4) is 0 Å². The largest absolute Gasteiger partial charge is 0.394 e. The van der Waals surface area contributed by atoms with Crippen molar-refractivity contribution < 1.29 is 34.4 Å². The van der Waals surface area contributed by atoms with Crippen LogP contribution in [0.2, 0.25) is 0 Å². The lowest BCUT2D eigenvalue weighted by Crippen LogP contribution is -2.35. The molecule has 1 saturated heterocycles. The van der Waals surface area contributed by atoms with E-state index >= 15 is 0 Å². The van der Waals surface area contributed by atoms with E-state index in [0.29, 0.717) is 0 Å². The summed E-state index contributed by atoms with van der Waals surface area (Å²) in [6.07, 6.45) is -6.12. The number of carbonyl (C=O) groups excluding carboxylic acids is 3. The van der Waals surface area contributed by atoms with Gasteiger partial charge in [-0.15, -0.1) is 0 Å². The second kappa shape index (κ2) is 11.3. The second-order valence-electron chi connectivity index (χ2n) is 9.34. The minimum Gasteiger partial charge on any atom is -0.394 e. The molecule has 2 heterocycles. The molecule has 0 aliphatic carbocycles. The number of ether oxygens (including phenoxy) is 1. The Morgan fingerprint density at radius 2 is 1.12 bits per heavy atom. The molecule has 40 heavy (non-hydrogen) atoms. The van der Waals surface area contributed by atoms with Gasteiger partial charge in [0.25, 0.3) is 5.56 Å². The van der Waals surface area contributed by atoms with Gasteiger partial charge in [-0.25, -0.2) is 0 Å². The summed E-state index contributed by atoms with van der Waals surface area (Å²) in [6.45, 7) is -0.672. The third-order valence-corrected chi connectivity index (χ3v) is 6.87. The van der Waals surface area contributed by atoms with Crippen LogP contribution in [-0.2, 0) is 4.74 Å². The van der Waals surface area contributed by atoms with Crippen molar-refractivity contribution in [1.29, 1.82) is 0 Å². The zero-order chi connectivity index (χ0) is 28.4. The molecule has 4 atom stereocenters. The normalized spacial score (nSPS) is 20.3. The van der Waals surface area contributed by atoms with E-state index < -0.39 is 70.8 Å². The lowest BCUT2D eigenvalue weighted by Gasteiger charge is -2.21. The van der Waals surface area contributed by atoms with Crippen molar-refractivity contribution in [2.75, 3.05) is 6.61 Å². The first-order chi connectivity index (χ1) is 19.3. The van der Waals surface area contributed by atoms with Crippen LogP contribution in [0.3, 0.4) is 0 Å². The third-order valence-electron chi connectivity index (χ3n) is 6.87. The number of hydrogen-bond acceptors (Lipinski definition) is 8. The Hall–Kier alpha value is -4.54. The Kier molecular flexibility index (Phi) is 7.63. The van der Waals surface area contributed by atoms with E-state index in [0.717, 1.165) is 0 Å². The van der Waals surface area contributed by atoms with Gasteiger partial charge in [0.1, 0.15) is 30.1 Å². The first-order valence-electron chi connectivity index (χ1n) is 12.5. The molecule has 202 valence electrons. The Bertz CT molecular complexity index is 1620. The van der Waals surface area contributed by atoms with E-state index in [1.165, 1.54) is 36.4 Å². The van der Waals surface area contributed by atoms with Crippen molar-refractivity contribution in [2.24, 2.45) is 0 Å². The zero-order valence-corrected chi connectivity index (χ0v) is 21.1. The van der Waals surface area contributed by atoms with Crippen LogP contribution in [0.1, 0.15) is 59.6 Å². The molecule has 1 aliphatic rings. The lowest BCUT2D eigenvalue weighted by atomic mass is 9.85. The maximum absolute atomic E-state index is 14.1. The number of rotatable bonds is 8. The second-order valence-corrected chi connectivity index (χ2v) is 9.34. The molecule has 3 aromatic carbocycles. The van der Waals surface area contributed by atoms with Crippen molar-refractivity contribution >= 4 is 17.3 Å². The SMILES string of the molecule is O=C(c1ccccc1)c1[nH]c(=O)c(C2O[C@H](CO)[C@@H](O)[C@H]2O)c(C(=O)c2ccccc2)c1C(=O)c1ccccc1. The van der Waals surface area contributed by atoms with Gasteiger partial charge in [0, 0.05) is 22.3 Å². The van der Waals surface area contributed by atoms with E-state index in [1.54, 1.807) is 54.6 Å². The Labute approximate surface area is 228 Å². The summed E-state index contributed by atoms with van der Waals surface area (Å²) in [5.74, 6) is -2.18. The summed E-state index contributed by atoms with van der Waals surface area (Å²) in [7, 11) is 0. The molecule has 1 aromatic heterocycles. The average molecular weight is 540 g/mol. The van der Waals surface area contributed by atoms with E-state index in [9.17, 15) is 34.5 Å². The number of aliphatic hydroxyl groups excluding tert-OH is 3. The fourth-order valence-corrected chi connectivity index (χ4v) is 4.86. The van der Waals surface area contributed by atoms with Crippen LogP contribution in [-0.4, -0.2) is 62.6 Å². The Morgan fingerprint density at radius 3 is 1.57 bits per heavy atom. The number of nitrogens with one attached hydrogen (secondary N) is 1.